The molecule has 1 unspecified atom stereocenters. The lowest BCUT2D eigenvalue weighted by molar-refractivity contribution is -0.147. The van der Waals surface area contributed by atoms with Crippen molar-refractivity contribution < 1.29 is 14.6 Å². The predicted octanol–water partition coefficient (Wildman–Crippen LogP) is 2.31. The van der Waals surface area contributed by atoms with Crippen molar-refractivity contribution in [3.05, 3.63) is 29.8 Å². The van der Waals surface area contributed by atoms with Gasteiger partial charge < -0.3 is 9.84 Å². The van der Waals surface area contributed by atoms with Crippen molar-refractivity contribution in [3.8, 4) is 5.75 Å². The SMILES string of the molecule is CCCC(C(=O)O)N1CC(Oc2cccc(C)c2)C1. The number of rotatable bonds is 6. The predicted molar refractivity (Wildman–Crippen MR) is 73.5 cm³/mol. The molecule has 0 saturated carbocycles. The lowest BCUT2D eigenvalue weighted by atomic mass is 10.0. The molecule has 0 bridgehead atoms. The minimum Gasteiger partial charge on any atom is -0.488 e. The molecule has 1 atom stereocenters. The zero-order chi connectivity index (χ0) is 13.8. The number of aryl methyl sites for hydroxylation is 1. The Morgan fingerprint density at radius 1 is 1.53 bits per heavy atom. The van der Waals surface area contributed by atoms with Crippen LogP contribution in [0.4, 0.5) is 0 Å². The van der Waals surface area contributed by atoms with Crippen LogP contribution in [0.3, 0.4) is 0 Å². The average molecular weight is 263 g/mol. The molecule has 1 fully saturated rings. The minimum absolute atomic E-state index is 0.112. The molecule has 0 aliphatic carbocycles. The summed E-state index contributed by atoms with van der Waals surface area (Å²) in [7, 11) is 0. The molecule has 1 aromatic rings. The van der Waals surface area contributed by atoms with E-state index in [1.165, 1.54) is 5.56 Å². The van der Waals surface area contributed by atoms with Crippen LogP contribution >= 0.6 is 0 Å². The minimum atomic E-state index is -0.726. The zero-order valence-electron chi connectivity index (χ0n) is 11.5. The van der Waals surface area contributed by atoms with Gasteiger partial charge >= 0.3 is 5.97 Å². The molecule has 0 amide bonds. The zero-order valence-corrected chi connectivity index (χ0v) is 11.5. The molecule has 1 heterocycles. The van der Waals surface area contributed by atoms with E-state index in [2.05, 4.69) is 0 Å². The number of ether oxygens (including phenoxy) is 1. The first-order valence-corrected chi connectivity index (χ1v) is 6.80. The summed E-state index contributed by atoms with van der Waals surface area (Å²) in [6.07, 6.45) is 1.70. The second kappa shape index (κ2) is 6.06. The summed E-state index contributed by atoms with van der Waals surface area (Å²) in [4.78, 5) is 13.1. The average Bonchev–Trinajstić information content (AvgIpc) is 2.31. The fraction of sp³-hybridized carbons (Fsp3) is 0.533. The van der Waals surface area contributed by atoms with Crippen LogP contribution in [-0.4, -0.2) is 41.2 Å². The summed E-state index contributed by atoms with van der Waals surface area (Å²) in [5.74, 6) is 0.142. The standard InChI is InChI=1S/C15H21NO3/c1-3-5-14(15(17)18)16-9-13(10-16)19-12-7-4-6-11(2)8-12/h4,6-8,13-14H,3,5,9-10H2,1-2H3,(H,17,18). The third-order valence-corrected chi connectivity index (χ3v) is 3.46. The third kappa shape index (κ3) is 3.47. The number of benzene rings is 1. The van der Waals surface area contributed by atoms with E-state index < -0.39 is 5.97 Å². The Balaban J connectivity index is 1.84. The molecule has 4 heteroatoms. The van der Waals surface area contributed by atoms with E-state index in [9.17, 15) is 4.79 Å². The lowest BCUT2D eigenvalue weighted by Gasteiger charge is -2.42. The molecule has 2 rings (SSSR count). The van der Waals surface area contributed by atoms with E-state index in [4.69, 9.17) is 9.84 Å². The summed E-state index contributed by atoms with van der Waals surface area (Å²) in [5, 5.41) is 9.17. The quantitative estimate of drug-likeness (QED) is 0.855. The largest absolute Gasteiger partial charge is 0.488 e. The van der Waals surface area contributed by atoms with Gasteiger partial charge in [-0.05, 0) is 31.0 Å². The maximum absolute atomic E-state index is 11.2. The number of carboxylic acid groups (broad SMARTS) is 1. The number of likely N-dealkylation sites (tertiary alicyclic amines) is 1. The number of nitrogens with zero attached hydrogens (tertiary/aromatic N) is 1. The number of hydrogen-bond acceptors (Lipinski definition) is 3. The van der Waals surface area contributed by atoms with E-state index in [0.29, 0.717) is 19.5 Å². The highest BCUT2D eigenvalue weighted by Crippen LogP contribution is 2.22. The van der Waals surface area contributed by atoms with Crippen molar-refractivity contribution in [1.29, 1.82) is 0 Å². The molecule has 1 aliphatic rings. The summed E-state index contributed by atoms with van der Waals surface area (Å²) >= 11 is 0. The Morgan fingerprint density at radius 3 is 2.84 bits per heavy atom. The van der Waals surface area contributed by atoms with Gasteiger partial charge in [0.2, 0.25) is 0 Å². The van der Waals surface area contributed by atoms with Gasteiger partial charge in [-0.15, -0.1) is 0 Å². The first kappa shape index (κ1) is 13.9. The van der Waals surface area contributed by atoms with Gasteiger partial charge in [0.15, 0.2) is 0 Å². The Labute approximate surface area is 114 Å². The van der Waals surface area contributed by atoms with Gasteiger partial charge in [-0.25, -0.2) is 0 Å². The van der Waals surface area contributed by atoms with E-state index in [1.54, 1.807) is 0 Å². The van der Waals surface area contributed by atoms with Crippen molar-refractivity contribution in [2.75, 3.05) is 13.1 Å². The topological polar surface area (TPSA) is 49.8 Å². The molecule has 19 heavy (non-hydrogen) atoms. The van der Waals surface area contributed by atoms with Gasteiger partial charge in [0.05, 0.1) is 0 Å². The Kier molecular flexibility index (Phi) is 4.43. The van der Waals surface area contributed by atoms with Crippen LogP contribution in [0.25, 0.3) is 0 Å². The lowest BCUT2D eigenvalue weighted by Crippen LogP contribution is -2.59. The van der Waals surface area contributed by atoms with E-state index in [-0.39, 0.29) is 12.1 Å². The Bertz CT molecular complexity index is 441. The molecule has 0 aromatic heterocycles. The van der Waals surface area contributed by atoms with Crippen LogP contribution in [0.1, 0.15) is 25.3 Å². The van der Waals surface area contributed by atoms with E-state index in [1.807, 2.05) is 43.0 Å². The normalized spacial score (nSPS) is 17.8. The highest BCUT2D eigenvalue weighted by Gasteiger charge is 2.36. The molecule has 0 radical (unpaired) electrons. The van der Waals surface area contributed by atoms with Crippen molar-refractivity contribution in [2.24, 2.45) is 0 Å². The smallest absolute Gasteiger partial charge is 0.320 e. The molecule has 104 valence electrons. The fourth-order valence-corrected chi connectivity index (χ4v) is 2.42. The molecule has 4 nitrogen and oxygen atoms in total. The van der Waals surface area contributed by atoms with Gasteiger partial charge in [-0.1, -0.05) is 25.5 Å². The fourth-order valence-electron chi connectivity index (χ4n) is 2.42. The molecule has 1 aliphatic heterocycles. The van der Waals surface area contributed by atoms with Crippen molar-refractivity contribution in [1.82, 2.24) is 4.90 Å². The summed E-state index contributed by atoms with van der Waals surface area (Å²) in [6, 6.07) is 7.59. The summed E-state index contributed by atoms with van der Waals surface area (Å²) in [6.45, 7) is 5.44. The number of carbonyl (C=O) groups is 1. The van der Waals surface area contributed by atoms with E-state index in [0.717, 1.165) is 12.2 Å². The molecule has 1 N–H and O–H groups in total. The monoisotopic (exact) mass is 263 g/mol. The maximum atomic E-state index is 11.2. The molecule has 0 spiro atoms. The van der Waals surface area contributed by atoms with Gasteiger partial charge in [-0.2, -0.15) is 0 Å². The van der Waals surface area contributed by atoms with Crippen LogP contribution < -0.4 is 4.74 Å². The first-order chi connectivity index (χ1) is 9.10. The van der Waals surface area contributed by atoms with Crippen LogP contribution in [0.15, 0.2) is 24.3 Å². The Hall–Kier alpha value is -1.55. The van der Waals surface area contributed by atoms with Crippen LogP contribution in [-0.2, 0) is 4.79 Å². The molecule has 1 aromatic carbocycles. The number of carboxylic acids is 1. The maximum Gasteiger partial charge on any atom is 0.320 e. The van der Waals surface area contributed by atoms with Gasteiger partial charge in [0, 0.05) is 13.1 Å². The van der Waals surface area contributed by atoms with Gasteiger partial charge in [0.25, 0.3) is 0 Å². The van der Waals surface area contributed by atoms with E-state index >= 15 is 0 Å². The van der Waals surface area contributed by atoms with Crippen molar-refractivity contribution in [3.63, 3.8) is 0 Å². The summed E-state index contributed by atoms with van der Waals surface area (Å²) in [5.41, 5.74) is 1.17. The molecule has 1 saturated heterocycles. The second-order valence-electron chi connectivity index (χ2n) is 5.15. The van der Waals surface area contributed by atoms with Crippen molar-refractivity contribution >= 4 is 5.97 Å². The van der Waals surface area contributed by atoms with Gasteiger partial charge in [-0.3, -0.25) is 9.69 Å². The van der Waals surface area contributed by atoms with Crippen LogP contribution in [0.2, 0.25) is 0 Å². The highest BCUT2D eigenvalue weighted by atomic mass is 16.5. The van der Waals surface area contributed by atoms with Gasteiger partial charge in [0.1, 0.15) is 17.9 Å². The summed E-state index contributed by atoms with van der Waals surface area (Å²) < 4.78 is 5.83. The number of aliphatic carboxylic acids is 1. The Morgan fingerprint density at radius 2 is 2.26 bits per heavy atom. The second-order valence-corrected chi connectivity index (χ2v) is 5.15. The third-order valence-electron chi connectivity index (χ3n) is 3.46. The number of hydrogen-bond donors (Lipinski definition) is 1. The highest BCUT2D eigenvalue weighted by molar-refractivity contribution is 5.73. The van der Waals surface area contributed by atoms with Crippen molar-refractivity contribution in [2.45, 2.75) is 38.8 Å². The van der Waals surface area contributed by atoms with Crippen LogP contribution in [0.5, 0.6) is 5.75 Å². The van der Waals surface area contributed by atoms with Crippen LogP contribution in [0, 0.1) is 6.92 Å². The molecular weight excluding hydrogens is 242 g/mol. The first-order valence-electron chi connectivity index (χ1n) is 6.80. The molecular formula is C15H21NO3.